The molecule has 4 heterocycles. The van der Waals surface area contributed by atoms with Crippen molar-refractivity contribution < 1.29 is 4.74 Å². The quantitative estimate of drug-likeness (QED) is 0.283. The number of hydrogen-bond acceptors (Lipinski definition) is 7. The number of aromatic nitrogens is 6. The Morgan fingerprint density at radius 1 is 1.19 bits per heavy atom. The standard InChI is InChI=1S/C21H29N7OSSi/c1-6-17-9-19(30-26-17)25-20-21-22-11-18(28(21)12-15(2)24-20)16-10-23-27(13-16)14-29-7-8-31(3,4)5/h9-13H,6-8,14H2,1-5H3,(H,24,25). The van der Waals surface area contributed by atoms with Crippen LogP contribution in [-0.2, 0) is 17.9 Å². The fourth-order valence-corrected chi connectivity index (χ4v) is 4.65. The third kappa shape index (κ3) is 5.20. The van der Waals surface area contributed by atoms with E-state index in [1.54, 1.807) is 0 Å². The SMILES string of the molecule is CCc1cc(Nc2nc(C)cn3c(-c4cnn(COCC[Si](C)(C)C)c4)cnc23)sn1. The van der Waals surface area contributed by atoms with Gasteiger partial charge in [-0.1, -0.05) is 26.6 Å². The number of rotatable bonds is 9. The lowest BCUT2D eigenvalue weighted by Gasteiger charge is -2.15. The third-order valence-corrected chi connectivity index (χ3v) is 7.37. The first-order valence-corrected chi connectivity index (χ1v) is 15.0. The minimum atomic E-state index is -1.09. The van der Waals surface area contributed by atoms with Crippen LogP contribution in [0.1, 0.15) is 18.3 Å². The van der Waals surface area contributed by atoms with Crippen LogP contribution in [0.5, 0.6) is 0 Å². The molecule has 164 valence electrons. The second kappa shape index (κ2) is 8.89. The number of ether oxygens (including phenoxy) is 1. The molecule has 0 atom stereocenters. The minimum Gasteiger partial charge on any atom is -0.360 e. The van der Waals surface area contributed by atoms with Crippen molar-refractivity contribution in [3.63, 3.8) is 0 Å². The molecule has 0 aromatic carbocycles. The molecular weight excluding hydrogens is 426 g/mol. The van der Waals surface area contributed by atoms with E-state index in [0.29, 0.717) is 6.73 Å². The van der Waals surface area contributed by atoms with Gasteiger partial charge in [-0.25, -0.2) is 14.6 Å². The van der Waals surface area contributed by atoms with Crippen molar-refractivity contribution in [2.45, 2.75) is 52.7 Å². The van der Waals surface area contributed by atoms with Gasteiger partial charge in [0.2, 0.25) is 0 Å². The molecule has 31 heavy (non-hydrogen) atoms. The van der Waals surface area contributed by atoms with Gasteiger partial charge in [0.1, 0.15) is 11.7 Å². The van der Waals surface area contributed by atoms with Gasteiger partial charge in [-0.3, -0.25) is 4.40 Å². The van der Waals surface area contributed by atoms with Crippen molar-refractivity contribution in [2.24, 2.45) is 0 Å². The first kappa shape index (κ1) is 21.7. The third-order valence-electron chi connectivity index (χ3n) is 4.92. The molecule has 0 unspecified atom stereocenters. The highest BCUT2D eigenvalue weighted by Gasteiger charge is 2.15. The summed E-state index contributed by atoms with van der Waals surface area (Å²) in [5, 5.41) is 8.81. The highest BCUT2D eigenvalue weighted by atomic mass is 32.1. The summed E-state index contributed by atoms with van der Waals surface area (Å²) in [4.78, 5) is 9.29. The fourth-order valence-electron chi connectivity index (χ4n) is 3.16. The largest absolute Gasteiger partial charge is 0.360 e. The molecule has 0 saturated carbocycles. The molecule has 0 bridgehead atoms. The molecule has 0 amide bonds. The second-order valence-electron chi connectivity index (χ2n) is 8.85. The topological polar surface area (TPSA) is 82.2 Å². The predicted molar refractivity (Wildman–Crippen MR) is 128 cm³/mol. The van der Waals surface area contributed by atoms with Gasteiger partial charge in [-0.15, -0.1) is 0 Å². The molecule has 0 spiro atoms. The molecule has 0 saturated heterocycles. The van der Waals surface area contributed by atoms with Gasteiger partial charge in [-0.2, -0.15) is 9.47 Å². The summed E-state index contributed by atoms with van der Waals surface area (Å²) >= 11 is 1.44. The number of fused-ring (bicyclic) bond motifs is 1. The number of anilines is 2. The van der Waals surface area contributed by atoms with E-state index in [4.69, 9.17) is 4.74 Å². The average Bonchev–Trinajstić information content (AvgIpc) is 3.43. The lowest BCUT2D eigenvalue weighted by molar-refractivity contribution is 0.0786. The first-order valence-electron chi connectivity index (χ1n) is 10.5. The highest BCUT2D eigenvalue weighted by Crippen LogP contribution is 2.27. The van der Waals surface area contributed by atoms with Gasteiger partial charge in [0, 0.05) is 32.6 Å². The van der Waals surface area contributed by atoms with Crippen molar-refractivity contribution in [1.82, 2.24) is 28.5 Å². The molecule has 0 aliphatic carbocycles. The maximum absolute atomic E-state index is 5.82. The molecule has 4 rings (SSSR count). The van der Waals surface area contributed by atoms with Crippen LogP contribution < -0.4 is 5.32 Å². The highest BCUT2D eigenvalue weighted by molar-refractivity contribution is 7.10. The van der Waals surface area contributed by atoms with Crippen LogP contribution >= 0.6 is 11.5 Å². The zero-order valence-electron chi connectivity index (χ0n) is 18.7. The zero-order valence-corrected chi connectivity index (χ0v) is 20.5. The van der Waals surface area contributed by atoms with Gasteiger partial charge in [0.25, 0.3) is 0 Å². The van der Waals surface area contributed by atoms with Crippen LogP contribution in [0.15, 0.2) is 30.9 Å². The zero-order chi connectivity index (χ0) is 22.0. The van der Waals surface area contributed by atoms with Gasteiger partial charge >= 0.3 is 0 Å². The van der Waals surface area contributed by atoms with Crippen molar-refractivity contribution in [3.8, 4) is 11.3 Å². The summed E-state index contributed by atoms with van der Waals surface area (Å²) < 4.78 is 14.1. The van der Waals surface area contributed by atoms with Gasteiger partial charge in [0.15, 0.2) is 11.5 Å². The maximum Gasteiger partial charge on any atom is 0.180 e. The van der Waals surface area contributed by atoms with E-state index in [-0.39, 0.29) is 0 Å². The Morgan fingerprint density at radius 2 is 2.03 bits per heavy atom. The molecule has 0 radical (unpaired) electrons. The Kier molecular flexibility index (Phi) is 6.21. The Hall–Kier alpha value is -2.56. The van der Waals surface area contributed by atoms with E-state index in [0.717, 1.165) is 58.2 Å². The molecule has 0 aliphatic rings. The summed E-state index contributed by atoms with van der Waals surface area (Å²) in [6.07, 6.45) is 8.62. The average molecular weight is 456 g/mol. The summed E-state index contributed by atoms with van der Waals surface area (Å²) in [5.41, 5.74) is 4.70. The minimum absolute atomic E-state index is 0.458. The summed E-state index contributed by atoms with van der Waals surface area (Å²) in [6.45, 7) is 12.4. The Balaban J connectivity index is 1.54. The van der Waals surface area contributed by atoms with Crippen molar-refractivity contribution in [2.75, 3.05) is 11.9 Å². The van der Waals surface area contributed by atoms with Crippen LogP contribution in [0, 0.1) is 6.92 Å². The Labute approximate surface area is 187 Å². The van der Waals surface area contributed by atoms with Crippen LogP contribution in [0.3, 0.4) is 0 Å². The Bertz CT molecular complexity index is 1170. The van der Waals surface area contributed by atoms with E-state index < -0.39 is 8.07 Å². The summed E-state index contributed by atoms with van der Waals surface area (Å²) in [5.74, 6) is 0.722. The van der Waals surface area contributed by atoms with Gasteiger partial charge < -0.3 is 10.1 Å². The lowest BCUT2D eigenvalue weighted by atomic mass is 10.3. The van der Waals surface area contributed by atoms with E-state index in [2.05, 4.69) is 61.8 Å². The molecular formula is C21H29N7OSSi. The lowest BCUT2D eigenvalue weighted by Crippen LogP contribution is -2.22. The first-order chi connectivity index (χ1) is 14.8. The van der Waals surface area contributed by atoms with E-state index in [1.165, 1.54) is 11.5 Å². The number of imidazole rings is 1. The van der Waals surface area contributed by atoms with Crippen molar-refractivity contribution in [3.05, 3.63) is 42.2 Å². The predicted octanol–water partition coefficient (Wildman–Crippen LogP) is 4.98. The van der Waals surface area contributed by atoms with E-state index in [9.17, 15) is 0 Å². The summed E-state index contributed by atoms with van der Waals surface area (Å²) in [6, 6.07) is 3.21. The second-order valence-corrected chi connectivity index (χ2v) is 15.3. The molecule has 0 aliphatic heterocycles. The van der Waals surface area contributed by atoms with Crippen LogP contribution in [-0.4, -0.2) is 43.2 Å². The monoisotopic (exact) mass is 455 g/mol. The van der Waals surface area contributed by atoms with E-state index >= 15 is 0 Å². The number of hydrogen-bond donors (Lipinski definition) is 1. The molecule has 4 aromatic rings. The molecule has 4 aromatic heterocycles. The van der Waals surface area contributed by atoms with Crippen LogP contribution in [0.4, 0.5) is 10.8 Å². The Morgan fingerprint density at radius 3 is 2.77 bits per heavy atom. The van der Waals surface area contributed by atoms with Crippen molar-refractivity contribution >= 4 is 36.1 Å². The van der Waals surface area contributed by atoms with Crippen LogP contribution in [0.2, 0.25) is 25.7 Å². The molecule has 1 N–H and O–H groups in total. The van der Waals surface area contributed by atoms with E-state index in [1.807, 2.05) is 36.4 Å². The molecule has 0 fully saturated rings. The van der Waals surface area contributed by atoms with Crippen molar-refractivity contribution in [1.29, 1.82) is 0 Å². The maximum atomic E-state index is 5.82. The van der Waals surface area contributed by atoms with Crippen LogP contribution in [0.25, 0.3) is 16.9 Å². The molecule has 8 nitrogen and oxygen atoms in total. The number of aryl methyl sites for hydroxylation is 2. The van der Waals surface area contributed by atoms with Gasteiger partial charge in [-0.05, 0) is 37.0 Å². The smallest absolute Gasteiger partial charge is 0.180 e. The normalized spacial score (nSPS) is 12.0. The fraction of sp³-hybridized carbons (Fsp3) is 0.429. The summed E-state index contributed by atoms with van der Waals surface area (Å²) in [7, 11) is -1.09. The number of nitrogens with one attached hydrogen (secondary N) is 1. The molecule has 10 heteroatoms. The van der Waals surface area contributed by atoms with Gasteiger partial charge in [0.05, 0.1) is 29.5 Å². The number of nitrogens with zero attached hydrogens (tertiary/aromatic N) is 6.